The van der Waals surface area contributed by atoms with Gasteiger partial charge in [-0.1, -0.05) is 30.4 Å². The van der Waals surface area contributed by atoms with Crippen molar-refractivity contribution in [1.29, 1.82) is 5.26 Å². The molecule has 0 spiro atoms. The minimum absolute atomic E-state index is 0.660. The molecule has 0 amide bonds. The molecule has 4 heterocycles. The summed E-state index contributed by atoms with van der Waals surface area (Å²) < 4.78 is 2.04. The molecule has 5 rings (SSSR count). The van der Waals surface area contributed by atoms with E-state index in [2.05, 4.69) is 30.0 Å². The molecule has 1 saturated heterocycles. The van der Waals surface area contributed by atoms with Crippen LogP contribution in [0.5, 0.6) is 0 Å². The molecule has 150 valence electrons. The highest BCUT2D eigenvalue weighted by atomic mass is 32.1. The van der Waals surface area contributed by atoms with Crippen molar-refractivity contribution in [3.05, 3.63) is 54.4 Å². The van der Waals surface area contributed by atoms with Crippen LogP contribution in [0.3, 0.4) is 0 Å². The number of hydrogen-bond donors (Lipinski definition) is 0. The third kappa shape index (κ3) is 3.35. The molecule has 0 N–H and O–H groups in total. The van der Waals surface area contributed by atoms with Gasteiger partial charge in [-0.05, 0) is 43.0 Å². The molecule has 1 fully saturated rings. The predicted molar refractivity (Wildman–Crippen MR) is 123 cm³/mol. The molecule has 0 bridgehead atoms. The highest BCUT2D eigenvalue weighted by Gasteiger charge is 2.22. The number of aryl methyl sites for hydroxylation is 1. The molecule has 1 aliphatic heterocycles. The lowest BCUT2D eigenvalue weighted by atomic mass is 10.00. The van der Waals surface area contributed by atoms with Crippen LogP contribution in [-0.4, -0.2) is 27.6 Å². The van der Waals surface area contributed by atoms with E-state index < -0.39 is 0 Å². The van der Waals surface area contributed by atoms with E-state index in [1.165, 1.54) is 12.8 Å². The monoisotopic (exact) mass is 413 g/mol. The number of benzene rings is 1. The molecule has 3 aromatic heterocycles. The fourth-order valence-electron chi connectivity index (χ4n) is 4.02. The first-order chi connectivity index (χ1) is 14.6. The molecule has 1 aliphatic rings. The normalized spacial score (nSPS) is 14.9. The molecule has 0 radical (unpaired) electrons. The predicted octanol–water partition coefficient (Wildman–Crippen LogP) is 5.47. The van der Waals surface area contributed by atoms with Gasteiger partial charge < -0.3 is 9.47 Å². The fraction of sp³-hybridized carbons (Fsp3) is 0.292. The molecule has 0 unspecified atom stereocenters. The van der Waals surface area contributed by atoms with Gasteiger partial charge in [0.2, 0.25) is 0 Å². The summed E-state index contributed by atoms with van der Waals surface area (Å²) in [6.07, 6.45) is 6.40. The van der Waals surface area contributed by atoms with Gasteiger partial charge in [-0.15, -0.1) is 0 Å². The number of pyridine rings is 1. The van der Waals surface area contributed by atoms with Gasteiger partial charge >= 0.3 is 0 Å². The highest BCUT2D eigenvalue weighted by Crippen LogP contribution is 2.41. The number of rotatable bonds is 3. The number of anilines is 1. The van der Waals surface area contributed by atoms with Crippen molar-refractivity contribution in [2.24, 2.45) is 13.0 Å². The van der Waals surface area contributed by atoms with Gasteiger partial charge in [-0.25, -0.2) is 9.97 Å². The van der Waals surface area contributed by atoms with Crippen LogP contribution < -0.4 is 4.90 Å². The van der Waals surface area contributed by atoms with E-state index in [0.29, 0.717) is 5.56 Å². The largest absolute Gasteiger partial charge is 0.348 e. The summed E-state index contributed by atoms with van der Waals surface area (Å²) in [6.45, 7) is 4.43. The number of aromatic nitrogens is 3. The molecule has 5 nitrogen and oxygen atoms in total. The van der Waals surface area contributed by atoms with E-state index in [0.717, 1.165) is 56.9 Å². The lowest BCUT2D eigenvalue weighted by molar-refractivity contribution is 0.438. The number of nitrogens with zero attached hydrogens (tertiary/aromatic N) is 5. The maximum atomic E-state index is 9.15. The van der Waals surface area contributed by atoms with Crippen molar-refractivity contribution in [3.8, 4) is 27.8 Å². The SMILES string of the molecule is CC1CCN(c2nc(-c3ccc(C#N)cc3)c(-c3cnc4c(ccn4C)c3)s2)CC1. The molecule has 6 heteroatoms. The van der Waals surface area contributed by atoms with E-state index in [1.54, 1.807) is 11.3 Å². The molecule has 0 saturated carbocycles. The molecule has 1 aromatic carbocycles. The molecule has 0 aliphatic carbocycles. The third-order valence-corrected chi connectivity index (χ3v) is 7.09. The Bertz CT molecular complexity index is 1240. The number of piperidine rings is 1. The lowest BCUT2D eigenvalue weighted by Crippen LogP contribution is -2.32. The number of fused-ring (bicyclic) bond motifs is 1. The summed E-state index contributed by atoms with van der Waals surface area (Å²) in [7, 11) is 2.01. The minimum Gasteiger partial charge on any atom is -0.348 e. The molecule has 30 heavy (non-hydrogen) atoms. The number of thiazole rings is 1. The second-order valence-electron chi connectivity index (χ2n) is 8.10. The van der Waals surface area contributed by atoms with Crippen molar-refractivity contribution in [2.45, 2.75) is 19.8 Å². The van der Waals surface area contributed by atoms with Crippen LogP contribution in [0.2, 0.25) is 0 Å². The first kappa shape index (κ1) is 18.8. The van der Waals surface area contributed by atoms with Crippen LogP contribution in [0, 0.1) is 17.2 Å². The van der Waals surface area contributed by atoms with Gasteiger partial charge in [-0.3, -0.25) is 0 Å². The van der Waals surface area contributed by atoms with E-state index in [9.17, 15) is 0 Å². The number of nitriles is 1. The van der Waals surface area contributed by atoms with E-state index in [4.69, 9.17) is 15.2 Å². The van der Waals surface area contributed by atoms with Crippen LogP contribution in [0.1, 0.15) is 25.3 Å². The molecule has 4 aromatic rings. The Morgan fingerprint density at radius 1 is 1.10 bits per heavy atom. The maximum absolute atomic E-state index is 9.15. The zero-order chi connectivity index (χ0) is 20.7. The summed E-state index contributed by atoms with van der Waals surface area (Å²) >= 11 is 1.74. The fourth-order valence-corrected chi connectivity index (χ4v) is 5.14. The van der Waals surface area contributed by atoms with Gasteiger partial charge in [0.15, 0.2) is 5.13 Å². The summed E-state index contributed by atoms with van der Waals surface area (Å²) in [5.74, 6) is 0.781. The Morgan fingerprint density at radius 3 is 2.60 bits per heavy atom. The second-order valence-corrected chi connectivity index (χ2v) is 9.07. The Labute approximate surface area is 180 Å². The second kappa shape index (κ2) is 7.58. The molecular weight excluding hydrogens is 390 g/mol. The topological polar surface area (TPSA) is 57.7 Å². The first-order valence-electron chi connectivity index (χ1n) is 10.3. The van der Waals surface area contributed by atoms with Gasteiger partial charge in [-0.2, -0.15) is 5.26 Å². The first-order valence-corrected chi connectivity index (χ1v) is 11.1. The van der Waals surface area contributed by atoms with Crippen LogP contribution in [0.25, 0.3) is 32.7 Å². The average molecular weight is 414 g/mol. The Kier molecular flexibility index (Phi) is 4.76. The summed E-state index contributed by atoms with van der Waals surface area (Å²) in [4.78, 5) is 13.3. The minimum atomic E-state index is 0.660. The Balaban J connectivity index is 1.62. The summed E-state index contributed by atoms with van der Waals surface area (Å²) in [6, 6.07) is 14.2. The lowest BCUT2D eigenvalue weighted by Gasteiger charge is -2.29. The summed E-state index contributed by atoms with van der Waals surface area (Å²) in [5, 5.41) is 11.4. The van der Waals surface area contributed by atoms with Crippen molar-refractivity contribution < 1.29 is 0 Å². The smallest absolute Gasteiger partial charge is 0.186 e. The van der Waals surface area contributed by atoms with Crippen molar-refractivity contribution in [2.75, 3.05) is 18.0 Å². The highest BCUT2D eigenvalue weighted by molar-refractivity contribution is 7.19. The average Bonchev–Trinajstić information content (AvgIpc) is 3.38. The number of hydrogen-bond acceptors (Lipinski definition) is 5. The molecule has 0 atom stereocenters. The van der Waals surface area contributed by atoms with E-state index >= 15 is 0 Å². The standard InChI is InChI=1S/C24H23N5S/c1-16-7-11-29(12-8-16)24-27-21(18-5-3-17(14-25)4-6-18)22(30-24)20-13-19-9-10-28(2)23(19)26-15-20/h3-6,9-10,13,15-16H,7-8,11-12H2,1-2H3. The van der Waals surface area contributed by atoms with Gasteiger partial charge in [0.25, 0.3) is 0 Å². The van der Waals surface area contributed by atoms with Gasteiger partial charge in [0, 0.05) is 49.0 Å². The van der Waals surface area contributed by atoms with Crippen molar-refractivity contribution in [1.82, 2.24) is 14.5 Å². The third-order valence-electron chi connectivity index (χ3n) is 5.93. The van der Waals surface area contributed by atoms with Gasteiger partial charge in [0.1, 0.15) is 5.65 Å². The van der Waals surface area contributed by atoms with Crippen LogP contribution in [0.15, 0.2) is 48.8 Å². The van der Waals surface area contributed by atoms with E-state index in [-0.39, 0.29) is 0 Å². The molecular formula is C24H23N5S. The quantitative estimate of drug-likeness (QED) is 0.447. The van der Waals surface area contributed by atoms with Crippen molar-refractivity contribution >= 4 is 27.5 Å². The van der Waals surface area contributed by atoms with Gasteiger partial charge in [0.05, 0.1) is 22.2 Å². The van der Waals surface area contributed by atoms with E-state index in [1.807, 2.05) is 48.3 Å². The van der Waals surface area contributed by atoms with Crippen molar-refractivity contribution in [3.63, 3.8) is 0 Å². The Hall–Kier alpha value is -3.17. The zero-order valence-electron chi connectivity index (χ0n) is 17.2. The van der Waals surface area contributed by atoms with Crippen LogP contribution in [0.4, 0.5) is 5.13 Å². The maximum Gasteiger partial charge on any atom is 0.186 e. The van der Waals surface area contributed by atoms with Crippen LogP contribution in [-0.2, 0) is 7.05 Å². The summed E-state index contributed by atoms with van der Waals surface area (Å²) in [5.41, 5.74) is 4.73. The zero-order valence-corrected chi connectivity index (χ0v) is 18.0. The Morgan fingerprint density at radius 2 is 1.87 bits per heavy atom. The van der Waals surface area contributed by atoms with Crippen LogP contribution >= 0.6 is 11.3 Å².